The van der Waals surface area contributed by atoms with Crippen molar-refractivity contribution in [3.63, 3.8) is 0 Å². The van der Waals surface area contributed by atoms with Gasteiger partial charge in [-0.25, -0.2) is 0 Å². The minimum absolute atomic E-state index is 0.329. The van der Waals surface area contributed by atoms with Crippen molar-refractivity contribution in [3.05, 3.63) is 66.4 Å². The molecule has 3 aromatic rings. The van der Waals surface area contributed by atoms with Gasteiger partial charge in [-0.1, -0.05) is 48.4 Å². The highest BCUT2D eigenvalue weighted by molar-refractivity contribution is 5.89. The van der Waals surface area contributed by atoms with E-state index >= 15 is 0 Å². The van der Waals surface area contributed by atoms with Gasteiger partial charge in [-0.3, -0.25) is 9.36 Å². The number of hydrogen-bond donors (Lipinski definition) is 0. The van der Waals surface area contributed by atoms with E-state index in [0.717, 1.165) is 23.7 Å². The van der Waals surface area contributed by atoms with Crippen LogP contribution >= 0.6 is 0 Å². The van der Waals surface area contributed by atoms with Gasteiger partial charge in [0.2, 0.25) is 0 Å². The molecule has 1 heterocycles. The fourth-order valence-electron chi connectivity index (χ4n) is 2.47. The van der Waals surface area contributed by atoms with Gasteiger partial charge >= 0.3 is 5.97 Å². The SMILES string of the molecule is CC(=O)Oc1cn(C#CCCc2ccccc2)c2ccccc12. The number of benzene rings is 2. The minimum Gasteiger partial charge on any atom is -0.424 e. The zero-order chi connectivity index (χ0) is 16.1. The predicted octanol–water partition coefficient (Wildman–Crippen LogP) is 4.01. The summed E-state index contributed by atoms with van der Waals surface area (Å²) in [5.41, 5.74) is 2.22. The Morgan fingerprint density at radius 1 is 1.09 bits per heavy atom. The standard InChI is InChI=1S/C20H17NO2/c1-16(22)23-20-15-21(19-13-6-5-12-18(19)20)14-8-7-11-17-9-3-2-4-10-17/h2-6,9-10,12-13,15H,7,11H2,1H3. The average molecular weight is 303 g/mol. The number of ether oxygens (including phenoxy) is 1. The summed E-state index contributed by atoms with van der Waals surface area (Å²) in [6, 6.07) is 21.2. The molecule has 0 fully saturated rings. The summed E-state index contributed by atoms with van der Waals surface area (Å²) < 4.78 is 7.07. The van der Waals surface area contributed by atoms with E-state index in [9.17, 15) is 4.79 Å². The summed E-state index contributed by atoms with van der Waals surface area (Å²) in [6.07, 6.45) is 3.46. The first-order valence-electron chi connectivity index (χ1n) is 7.55. The number of carbonyl (C=O) groups is 1. The molecular formula is C20H17NO2. The van der Waals surface area contributed by atoms with E-state index in [1.165, 1.54) is 12.5 Å². The number of fused-ring (bicyclic) bond motifs is 1. The quantitative estimate of drug-likeness (QED) is 0.541. The van der Waals surface area contributed by atoms with Crippen LogP contribution in [0.4, 0.5) is 0 Å². The van der Waals surface area contributed by atoms with Gasteiger partial charge in [0.25, 0.3) is 0 Å². The lowest BCUT2D eigenvalue weighted by Crippen LogP contribution is -2.00. The molecule has 0 atom stereocenters. The lowest BCUT2D eigenvalue weighted by molar-refractivity contribution is -0.131. The molecule has 0 aliphatic heterocycles. The Morgan fingerprint density at radius 2 is 1.83 bits per heavy atom. The molecule has 0 saturated carbocycles. The van der Waals surface area contributed by atoms with Crippen molar-refractivity contribution in [2.45, 2.75) is 19.8 Å². The van der Waals surface area contributed by atoms with Crippen LogP contribution in [0.3, 0.4) is 0 Å². The number of nitrogens with zero attached hydrogens (tertiary/aromatic N) is 1. The van der Waals surface area contributed by atoms with Crippen molar-refractivity contribution < 1.29 is 9.53 Å². The number of para-hydroxylation sites is 1. The third kappa shape index (κ3) is 3.61. The Morgan fingerprint density at radius 3 is 2.61 bits per heavy atom. The van der Waals surface area contributed by atoms with E-state index in [-0.39, 0.29) is 5.97 Å². The molecular weight excluding hydrogens is 286 g/mol. The zero-order valence-corrected chi connectivity index (χ0v) is 13.0. The summed E-state index contributed by atoms with van der Waals surface area (Å²) in [4.78, 5) is 11.2. The van der Waals surface area contributed by atoms with Crippen LogP contribution in [0.25, 0.3) is 10.9 Å². The molecule has 0 N–H and O–H groups in total. The maximum absolute atomic E-state index is 11.2. The Balaban J connectivity index is 1.80. The van der Waals surface area contributed by atoms with Crippen LogP contribution in [0.5, 0.6) is 5.75 Å². The number of carbonyl (C=O) groups excluding carboxylic acids is 1. The van der Waals surface area contributed by atoms with Crippen LogP contribution in [-0.4, -0.2) is 10.5 Å². The molecule has 0 spiro atoms. The topological polar surface area (TPSA) is 31.2 Å². The smallest absolute Gasteiger partial charge is 0.308 e. The third-order valence-corrected chi connectivity index (χ3v) is 3.51. The van der Waals surface area contributed by atoms with Gasteiger partial charge in [0.15, 0.2) is 5.75 Å². The fourth-order valence-corrected chi connectivity index (χ4v) is 2.47. The Labute approximate surface area is 135 Å². The van der Waals surface area contributed by atoms with Crippen LogP contribution < -0.4 is 4.74 Å². The Hall–Kier alpha value is -2.99. The number of aromatic nitrogens is 1. The normalized spacial score (nSPS) is 10.1. The van der Waals surface area contributed by atoms with E-state index < -0.39 is 0 Å². The molecule has 0 unspecified atom stereocenters. The van der Waals surface area contributed by atoms with Crippen LogP contribution in [0.1, 0.15) is 18.9 Å². The summed E-state index contributed by atoms with van der Waals surface area (Å²) >= 11 is 0. The highest BCUT2D eigenvalue weighted by Crippen LogP contribution is 2.27. The van der Waals surface area contributed by atoms with Crippen LogP contribution in [-0.2, 0) is 11.2 Å². The van der Waals surface area contributed by atoms with E-state index in [1.807, 2.05) is 47.0 Å². The molecule has 0 aliphatic rings. The maximum Gasteiger partial charge on any atom is 0.308 e. The van der Waals surface area contributed by atoms with Crippen LogP contribution in [0, 0.1) is 12.0 Å². The first-order chi connectivity index (χ1) is 11.2. The molecule has 23 heavy (non-hydrogen) atoms. The largest absolute Gasteiger partial charge is 0.424 e. The Kier molecular flexibility index (Phi) is 4.44. The minimum atomic E-state index is -0.329. The molecule has 0 amide bonds. The zero-order valence-electron chi connectivity index (χ0n) is 13.0. The van der Waals surface area contributed by atoms with Gasteiger partial charge in [-0.2, -0.15) is 0 Å². The van der Waals surface area contributed by atoms with Crippen LogP contribution in [0.2, 0.25) is 0 Å². The molecule has 3 rings (SSSR count). The molecule has 2 aromatic carbocycles. The number of hydrogen-bond acceptors (Lipinski definition) is 2. The average Bonchev–Trinajstić information content (AvgIpc) is 2.90. The third-order valence-electron chi connectivity index (χ3n) is 3.51. The highest BCUT2D eigenvalue weighted by atomic mass is 16.5. The first kappa shape index (κ1) is 14.9. The Bertz CT molecular complexity index is 882. The highest BCUT2D eigenvalue weighted by Gasteiger charge is 2.09. The van der Waals surface area contributed by atoms with Gasteiger partial charge in [-0.05, 0) is 24.1 Å². The second kappa shape index (κ2) is 6.85. The summed E-state index contributed by atoms with van der Waals surface area (Å²) in [5.74, 6) is 3.40. The number of esters is 1. The van der Waals surface area contributed by atoms with E-state index in [0.29, 0.717) is 5.75 Å². The van der Waals surface area contributed by atoms with Crippen molar-refractivity contribution in [3.8, 4) is 17.7 Å². The van der Waals surface area contributed by atoms with Crippen molar-refractivity contribution in [1.29, 1.82) is 0 Å². The molecule has 1 aromatic heterocycles. The first-order valence-corrected chi connectivity index (χ1v) is 7.55. The second-order valence-electron chi connectivity index (χ2n) is 5.25. The van der Waals surface area contributed by atoms with Crippen molar-refractivity contribution >= 4 is 16.9 Å². The predicted molar refractivity (Wildman–Crippen MR) is 91.2 cm³/mol. The lowest BCUT2D eigenvalue weighted by Gasteiger charge is -1.96. The summed E-state index contributed by atoms with van der Waals surface area (Å²) in [5, 5.41) is 0.889. The molecule has 0 aliphatic carbocycles. The molecule has 3 nitrogen and oxygen atoms in total. The van der Waals surface area contributed by atoms with E-state index in [1.54, 1.807) is 6.20 Å². The van der Waals surface area contributed by atoms with Crippen molar-refractivity contribution in [1.82, 2.24) is 4.57 Å². The van der Waals surface area contributed by atoms with Gasteiger partial charge in [-0.15, -0.1) is 0 Å². The maximum atomic E-state index is 11.2. The molecule has 0 saturated heterocycles. The van der Waals surface area contributed by atoms with Crippen molar-refractivity contribution in [2.24, 2.45) is 0 Å². The molecule has 114 valence electrons. The van der Waals surface area contributed by atoms with Gasteiger partial charge in [0.05, 0.1) is 11.7 Å². The molecule has 3 heteroatoms. The van der Waals surface area contributed by atoms with Gasteiger partial charge in [0, 0.05) is 24.8 Å². The number of rotatable bonds is 3. The lowest BCUT2D eigenvalue weighted by atomic mass is 10.1. The van der Waals surface area contributed by atoms with Gasteiger partial charge in [0.1, 0.15) is 0 Å². The second-order valence-corrected chi connectivity index (χ2v) is 5.25. The van der Waals surface area contributed by atoms with Gasteiger partial charge < -0.3 is 4.74 Å². The van der Waals surface area contributed by atoms with E-state index in [4.69, 9.17) is 4.74 Å². The molecule has 0 bridgehead atoms. The van der Waals surface area contributed by atoms with E-state index in [2.05, 4.69) is 24.1 Å². The fraction of sp³-hybridized carbons (Fsp3) is 0.150. The van der Waals surface area contributed by atoms with Crippen molar-refractivity contribution in [2.75, 3.05) is 0 Å². The number of aryl methyl sites for hydroxylation is 1. The summed E-state index contributed by atoms with van der Waals surface area (Å²) in [6.45, 7) is 1.40. The van der Waals surface area contributed by atoms with Crippen LogP contribution in [0.15, 0.2) is 60.8 Å². The summed E-state index contributed by atoms with van der Waals surface area (Å²) in [7, 11) is 0. The monoisotopic (exact) mass is 303 g/mol. The molecule has 0 radical (unpaired) electrons.